The average Bonchev–Trinajstić information content (AvgIpc) is 2.61. The van der Waals surface area contributed by atoms with Crippen molar-refractivity contribution in [2.45, 2.75) is 60.8 Å². The molecule has 1 atom stereocenters. The minimum Gasteiger partial charge on any atom is -0.490 e. The number of carbonyl (C=O) groups is 1. The summed E-state index contributed by atoms with van der Waals surface area (Å²) in [5.74, 6) is 1.81. The first-order valence-corrected chi connectivity index (χ1v) is 10.2. The molecular formula is C22H34N2O4. The van der Waals surface area contributed by atoms with Crippen LogP contribution >= 0.6 is 0 Å². The van der Waals surface area contributed by atoms with Gasteiger partial charge in [-0.1, -0.05) is 20.8 Å². The number of amides is 1. The molecule has 1 aromatic rings. The van der Waals surface area contributed by atoms with Crippen LogP contribution in [0, 0.1) is 11.3 Å². The Morgan fingerprint density at radius 1 is 1.11 bits per heavy atom. The Kier molecular flexibility index (Phi) is 7.72. The second kappa shape index (κ2) is 9.80. The molecule has 28 heavy (non-hydrogen) atoms. The highest BCUT2D eigenvalue weighted by atomic mass is 16.5. The van der Waals surface area contributed by atoms with Crippen LogP contribution in [0.1, 0.15) is 71.2 Å². The molecule has 1 aromatic carbocycles. The Balaban J connectivity index is 2.25. The van der Waals surface area contributed by atoms with E-state index in [0.29, 0.717) is 48.6 Å². The van der Waals surface area contributed by atoms with Gasteiger partial charge in [-0.15, -0.1) is 0 Å². The van der Waals surface area contributed by atoms with Crippen LogP contribution in [-0.2, 0) is 0 Å². The van der Waals surface area contributed by atoms with E-state index < -0.39 is 0 Å². The zero-order chi connectivity index (χ0) is 20.7. The molecule has 1 unspecified atom stereocenters. The molecular weight excluding hydrogens is 356 g/mol. The fourth-order valence-corrected chi connectivity index (χ4v) is 3.91. The Hall–Kier alpha value is -2.24. The molecule has 1 aliphatic carbocycles. The number of hydrogen-bond donors (Lipinski definition) is 1. The van der Waals surface area contributed by atoms with Crippen molar-refractivity contribution < 1.29 is 19.0 Å². The van der Waals surface area contributed by atoms with Crippen LogP contribution in [0.2, 0.25) is 0 Å². The quantitative estimate of drug-likeness (QED) is 0.647. The van der Waals surface area contributed by atoms with Gasteiger partial charge in [-0.05, 0) is 63.5 Å². The maximum absolute atomic E-state index is 12.7. The third-order valence-corrected chi connectivity index (χ3v) is 4.65. The highest BCUT2D eigenvalue weighted by Crippen LogP contribution is 2.39. The number of benzene rings is 1. The lowest BCUT2D eigenvalue weighted by Crippen LogP contribution is -2.30. The monoisotopic (exact) mass is 390 g/mol. The summed E-state index contributed by atoms with van der Waals surface area (Å²) in [6.07, 6.45) is 2.99. The van der Waals surface area contributed by atoms with Gasteiger partial charge in [0.2, 0.25) is 5.75 Å². The Labute approximate surface area is 168 Å². The summed E-state index contributed by atoms with van der Waals surface area (Å²) in [5, 5.41) is 4.42. The summed E-state index contributed by atoms with van der Waals surface area (Å²) in [4.78, 5) is 12.7. The maximum Gasteiger partial charge on any atom is 0.271 e. The van der Waals surface area contributed by atoms with E-state index >= 15 is 0 Å². The number of nitrogens with zero attached hydrogens (tertiary/aromatic N) is 1. The van der Waals surface area contributed by atoms with Crippen molar-refractivity contribution in [3.8, 4) is 17.2 Å². The lowest BCUT2D eigenvalue weighted by atomic mass is 9.72. The summed E-state index contributed by atoms with van der Waals surface area (Å²) >= 11 is 0. The van der Waals surface area contributed by atoms with E-state index in [1.165, 1.54) is 6.42 Å². The smallest absolute Gasteiger partial charge is 0.271 e. The molecule has 0 saturated heterocycles. The summed E-state index contributed by atoms with van der Waals surface area (Å²) < 4.78 is 17.1. The van der Waals surface area contributed by atoms with E-state index in [1.807, 2.05) is 20.8 Å². The van der Waals surface area contributed by atoms with Crippen LogP contribution in [0.15, 0.2) is 17.2 Å². The molecule has 0 spiro atoms. The van der Waals surface area contributed by atoms with Gasteiger partial charge in [-0.3, -0.25) is 4.79 Å². The van der Waals surface area contributed by atoms with Crippen LogP contribution in [0.25, 0.3) is 0 Å². The third-order valence-electron chi connectivity index (χ3n) is 4.65. The third kappa shape index (κ3) is 5.88. The molecule has 1 N–H and O–H groups in total. The van der Waals surface area contributed by atoms with Gasteiger partial charge >= 0.3 is 0 Å². The van der Waals surface area contributed by atoms with Crippen molar-refractivity contribution in [2.75, 3.05) is 19.8 Å². The van der Waals surface area contributed by atoms with Gasteiger partial charge in [-0.25, -0.2) is 5.43 Å². The topological polar surface area (TPSA) is 69.2 Å². The molecule has 1 amide bonds. The molecule has 0 bridgehead atoms. The van der Waals surface area contributed by atoms with Crippen LogP contribution in [-0.4, -0.2) is 31.4 Å². The largest absolute Gasteiger partial charge is 0.490 e. The molecule has 6 nitrogen and oxygen atoms in total. The minimum atomic E-state index is -0.284. The molecule has 1 aliphatic rings. The van der Waals surface area contributed by atoms with Crippen LogP contribution in [0.3, 0.4) is 0 Å². The molecule has 0 aliphatic heterocycles. The number of carbonyl (C=O) groups excluding carboxylic acids is 1. The van der Waals surface area contributed by atoms with Gasteiger partial charge in [0.15, 0.2) is 11.5 Å². The van der Waals surface area contributed by atoms with E-state index in [0.717, 1.165) is 18.6 Å². The predicted octanol–water partition coefficient (Wildman–Crippen LogP) is 4.81. The van der Waals surface area contributed by atoms with E-state index in [2.05, 4.69) is 31.3 Å². The first kappa shape index (κ1) is 22.1. The number of ether oxygens (including phenoxy) is 3. The molecule has 1 fully saturated rings. The van der Waals surface area contributed by atoms with Gasteiger partial charge in [-0.2, -0.15) is 5.10 Å². The minimum absolute atomic E-state index is 0.213. The molecule has 2 rings (SSSR count). The van der Waals surface area contributed by atoms with E-state index in [9.17, 15) is 4.79 Å². The summed E-state index contributed by atoms with van der Waals surface area (Å²) in [5.41, 5.74) is 4.40. The highest BCUT2D eigenvalue weighted by molar-refractivity contribution is 5.97. The molecule has 0 aromatic heterocycles. The first-order chi connectivity index (χ1) is 13.3. The fourth-order valence-electron chi connectivity index (χ4n) is 3.91. The molecule has 0 radical (unpaired) electrons. The van der Waals surface area contributed by atoms with Crippen LogP contribution in [0.5, 0.6) is 17.2 Å². The van der Waals surface area contributed by atoms with E-state index in [-0.39, 0.29) is 11.3 Å². The maximum atomic E-state index is 12.7. The lowest BCUT2D eigenvalue weighted by molar-refractivity contribution is 0.0952. The number of hydrazone groups is 1. The summed E-state index contributed by atoms with van der Waals surface area (Å²) in [7, 11) is 0. The SMILES string of the molecule is CCOc1cc(C(=O)N/N=C2/CC(C)CC(C)(C)C2)cc(OCC)c1OCC. The van der Waals surface area contributed by atoms with E-state index in [1.54, 1.807) is 12.1 Å². The second-order valence-electron chi connectivity index (χ2n) is 8.07. The molecule has 6 heteroatoms. The average molecular weight is 391 g/mol. The van der Waals surface area contributed by atoms with Gasteiger partial charge in [0, 0.05) is 11.3 Å². The second-order valence-corrected chi connectivity index (χ2v) is 8.07. The predicted molar refractivity (Wildman–Crippen MR) is 112 cm³/mol. The first-order valence-electron chi connectivity index (χ1n) is 10.2. The molecule has 0 heterocycles. The van der Waals surface area contributed by atoms with Gasteiger partial charge in [0.1, 0.15) is 0 Å². The zero-order valence-electron chi connectivity index (χ0n) is 18.1. The van der Waals surface area contributed by atoms with Crippen molar-refractivity contribution in [1.29, 1.82) is 0 Å². The number of nitrogens with one attached hydrogen (secondary N) is 1. The van der Waals surface area contributed by atoms with Crippen molar-refractivity contribution >= 4 is 11.6 Å². The highest BCUT2D eigenvalue weighted by Gasteiger charge is 2.29. The van der Waals surface area contributed by atoms with Crippen molar-refractivity contribution in [3.05, 3.63) is 17.7 Å². The van der Waals surface area contributed by atoms with Gasteiger partial charge in [0.05, 0.1) is 19.8 Å². The Morgan fingerprint density at radius 2 is 1.68 bits per heavy atom. The van der Waals surface area contributed by atoms with Gasteiger partial charge < -0.3 is 14.2 Å². The summed E-state index contributed by atoms with van der Waals surface area (Å²) in [6.45, 7) is 13.8. The zero-order valence-corrected chi connectivity index (χ0v) is 18.1. The fraction of sp³-hybridized carbons (Fsp3) is 0.636. The van der Waals surface area contributed by atoms with Crippen LogP contribution in [0.4, 0.5) is 0 Å². The summed E-state index contributed by atoms with van der Waals surface area (Å²) in [6, 6.07) is 3.36. The Bertz CT molecular complexity index is 685. The van der Waals surface area contributed by atoms with Crippen molar-refractivity contribution in [2.24, 2.45) is 16.4 Å². The normalized spacial score (nSPS) is 19.9. The number of rotatable bonds is 8. The molecule has 156 valence electrons. The number of hydrogen-bond acceptors (Lipinski definition) is 5. The van der Waals surface area contributed by atoms with Gasteiger partial charge in [0.25, 0.3) is 5.91 Å². The lowest BCUT2D eigenvalue weighted by Gasteiger charge is -2.34. The van der Waals surface area contributed by atoms with Crippen LogP contribution < -0.4 is 19.6 Å². The molecule has 1 saturated carbocycles. The van der Waals surface area contributed by atoms with Crippen molar-refractivity contribution in [3.63, 3.8) is 0 Å². The Morgan fingerprint density at radius 3 is 2.18 bits per heavy atom. The van der Waals surface area contributed by atoms with E-state index in [4.69, 9.17) is 14.2 Å². The van der Waals surface area contributed by atoms with Crippen molar-refractivity contribution in [1.82, 2.24) is 5.43 Å². The standard InChI is InChI=1S/C22H34N2O4/c1-7-26-18-11-16(12-19(27-8-2)20(18)28-9-3)21(25)24-23-17-10-15(4)13-22(5,6)14-17/h11-12,15H,7-10,13-14H2,1-6H3,(H,24,25)/b23-17-.